The highest BCUT2D eigenvalue weighted by Gasteiger charge is 2.28. The number of β-amino-alcohol motifs (C(OH)–C–C–N with tert-alkyl or cyclic N) is 1. The molecule has 1 amide bonds. The van der Waals surface area contributed by atoms with E-state index in [0.29, 0.717) is 6.54 Å². The largest absolute Gasteiger partial charge is 0.387 e. The molecule has 0 fully saturated rings. The summed E-state index contributed by atoms with van der Waals surface area (Å²) < 4.78 is 1.50. The number of carbonyl (C=O) groups is 1. The van der Waals surface area contributed by atoms with Gasteiger partial charge in [0.05, 0.1) is 12.6 Å². The van der Waals surface area contributed by atoms with Gasteiger partial charge in [0.15, 0.2) is 0 Å². The number of rotatable bonds is 1. The fourth-order valence-electron chi connectivity index (χ4n) is 3.04. The summed E-state index contributed by atoms with van der Waals surface area (Å²) in [6.07, 6.45) is -0.723. The number of benzene rings is 1. The average Bonchev–Trinajstić information content (AvgIpc) is 2.55. The Labute approximate surface area is 134 Å². The molecule has 1 atom stereocenters. The van der Waals surface area contributed by atoms with Crippen molar-refractivity contribution in [1.82, 2.24) is 9.47 Å². The van der Waals surface area contributed by atoms with Gasteiger partial charge in [-0.15, -0.1) is 0 Å². The third-order valence-electron chi connectivity index (χ3n) is 4.66. The lowest BCUT2D eigenvalue weighted by molar-refractivity contribution is 0.0547. The van der Waals surface area contributed by atoms with Crippen LogP contribution in [0, 0.1) is 13.8 Å². The monoisotopic (exact) mass is 312 g/mol. The van der Waals surface area contributed by atoms with Crippen molar-refractivity contribution in [3.8, 4) is 0 Å². The Balaban J connectivity index is 1.99. The van der Waals surface area contributed by atoms with Gasteiger partial charge in [0.25, 0.3) is 11.5 Å². The van der Waals surface area contributed by atoms with Crippen molar-refractivity contribution in [3.63, 3.8) is 0 Å². The highest BCUT2D eigenvalue weighted by molar-refractivity contribution is 5.94. The second-order valence-electron chi connectivity index (χ2n) is 6.09. The molecule has 0 unspecified atom stereocenters. The van der Waals surface area contributed by atoms with Crippen molar-refractivity contribution in [3.05, 3.63) is 68.6 Å². The first kappa shape index (κ1) is 15.5. The third-order valence-corrected chi connectivity index (χ3v) is 4.66. The van der Waals surface area contributed by atoms with Crippen molar-refractivity contribution in [2.45, 2.75) is 26.5 Å². The Morgan fingerprint density at radius 2 is 1.96 bits per heavy atom. The number of pyridine rings is 1. The summed E-state index contributed by atoms with van der Waals surface area (Å²) in [7, 11) is 1.67. The van der Waals surface area contributed by atoms with E-state index < -0.39 is 6.10 Å². The molecule has 0 saturated carbocycles. The maximum atomic E-state index is 12.8. The van der Waals surface area contributed by atoms with Gasteiger partial charge in [-0.3, -0.25) is 9.59 Å². The molecule has 0 radical (unpaired) electrons. The van der Waals surface area contributed by atoms with Gasteiger partial charge >= 0.3 is 0 Å². The average molecular weight is 312 g/mol. The van der Waals surface area contributed by atoms with E-state index in [1.165, 1.54) is 4.57 Å². The number of hydrogen-bond acceptors (Lipinski definition) is 3. The van der Waals surface area contributed by atoms with Crippen molar-refractivity contribution >= 4 is 5.91 Å². The molecule has 0 spiro atoms. The fourth-order valence-corrected chi connectivity index (χ4v) is 3.04. The zero-order valence-corrected chi connectivity index (χ0v) is 13.5. The second kappa shape index (κ2) is 5.66. The van der Waals surface area contributed by atoms with Crippen LogP contribution >= 0.6 is 0 Å². The Bertz CT molecular complexity index is 839. The van der Waals surface area contributed by atoms with E-state index in [9.17, 15) is 14.7 Å². The minimum Gasteiger partial charge on any atom is -0.387 e. The van der Waals surface area contributed by atoms with Crippen molar-refractivity contribution < 1.29 is 9.90 Å². The number of aromatic nitrogens is 1. The van der Waals surface area contributed by atoms with Gasteiger partial charge < -0.3 is 14.6 Å². The SMILES string of the molecule is Cc1cc(C(=O)N2Cc3ccccc3[C@H](O)C2)c(=O)n(C)c1C. The molecule has 23 heavy (non-hydrogen) atoms. The number of hydrogen-bond donors (Lipinski definition) is 1. The number of amides is 1. The lowest BCUT2D eigenvalue weighted by Gasteiger charge is -2.32. The standard InChI is InChI=1S/C18H20N2O3/c1-11-8-15(17(22)19(3)12(11)2)18(23)20-9-13-6-4-5-7-14(13)16(21)10-20/h4-8,16,21H,9-10H2,1-3H3/t16-/m1/s1. The predicted molar refractivity (Wildman–Crippen MR) is 87.3 cm³/mol. The predicted octanol–water partition coefficient (Wildman–Crippen LogP) is 1.69. The lowest BCUT2D eigenvalue weighted by atomic mass is 9.97. The van der Waals surface area contributed by atoms with Gasteiger partial charge in [-0.1, -0.05) is 24.3 Å². The molecule has 0 bridgehead atoms. The van der Waals surface area contributed by atoms with Crippen LogP contribution in [0.4, 0.5) is 0 Å². The number of nitrogens with zero attached hydrogens (tertiary/aromatic N) is 2. The van der Waals surface area contributed by atoms with E-state index >= 15 is 0 Å². The Hall–Kier alpha value is -2.40. The number of aliphatic hydroxyl groups excluding tert-OH is 1. The molecule has 3 rings (SSSR count). The molecule has 1 aromatic heterocycles. The van der Waals surface area contributed by atoms with Crippen LogP contribution < -0.4 is 5.56 Å². The quantitative estimate of drug-likeness (QED) is 0.871. The second-order valence-corrected chi connectivity index (χ2v) is 6.09. The Morgan fingerprint density at radius 1 is 1.26 bits per heavy atom. The maximum Gasteiger partial charge on any atom is 0.263 e. The maximum absolute atomic E-state index is 12.8. The zero-order valence-electron chi connectivity index (χ0n) is 13.5. The van der Waals surface area contributed by atoms with E-state index in [0.717, 1.165) is 22.4 Å². The highest BCUT2D eigenvalue weighted by Crippen LogP contribution is 2.27. The van der Waals surface area contributed by atoms with Crippen molar-refractivity contribution in [1.29, 1.82) is 0 Å². The van der Waals surface area contributed by atoms with Crippen LogP contribution in [0.25, 0.3) is 0 Å². The summed E-state index contributed by atoms with van der Waals surface area (Å²) in [6.45, 7) is 4.34. The van der Waals surface area contributed by atoms with E-state index in [2.05, 4.69) is 0 Å². The molecule has 2 heterocycles. The van der Waals surface area contributed by atoms with Gasteiger partial charge in [0.2, 0.25) is 0 Å². The Morgan fingerprint density at radius 3 is 2.70 bits per heavy atom. The number of carbonyl (C=O) groups excluding carboxylic acids is 1. The molecule has 5 nitrogen and oxygen atoms in total. The molecule has 1 aromatic carbocycles. The van der Waals surface area contributed by atoms with Crippen molar-refractivity contribution in [2.24, 2.45) is 7.05 Å². The number of aryl methyl sites for hydroxylation is 1. The van der Waals surface area contributed by atoms with Crippen LogP contribution in [0.15, 0.2) is 35.1 Å². The summed E-state index contributed by atoms with van der Waals surface area (Å²) in [6, 6.07) is 9.17. The molecule has 1 aliphatic heterocycles. The molecule has 0 aliphatic carbocycles. The van der Waals surface area contributed by atoms with Gasteiger partial charge in [0.1, 0.15) is 5.56 Å². The van der Waals surface area contributed by atoms with E-state index in [4.69, 9.17) is 0 Å². The van der Waals surface area contributed by atoms with Gasteiger partial charge in [-0.2, -0.15) is 0 Å². The molecular formula is C18H20N2O3. The minimum absolute atomic E-state index is 0.155. The topological polar surface area (TPSA) is 62.5 Å². The Kier molecular flexibility index (Phi) is 3.82. The highest BCUT2D eigenvalue weighted by atomic mass is 16.3. The molecule has 1 aliphatic rings. The third kappa shape index (κ3) is 2.57. The molecule has 120 valence electrons. The summed E-state index contributed by atoms with van der Waals surface area (Å²) >= 11 is 0. The minimum atomic E-state index is -0.723. The van der Waals surface area contributed by atoms with E-state index in [1.54, 1.807) is 18.0 Å². The van der Waals surface area contributed by atoms with Crippen LogP contribution in [-0.2, 0) is 13.6 Å². The molecule has 1 N–H and O–H groups in total. The normalized spacial score (nSPS) is 17.0. The molecular weight excluding hydrogens is 292 g/mol. The van der Waals surface area contributed by atoms with Crippen LogP contribution in [0.1, 0.15) is 38.8 Å². The first-order valence-corrected chi connectivity index (χ1v) is 7.62. The zero-order chi connectivity index (χ0) is 16.7. The summed E-state index contributed by atoms with van der Waals surface area (Å²) in [5.74, 6) is -0.331. The summed E-state index contributed by atoms with van der Waals surface area (Å²) in [5.41, 5.74) is 3.36. The molecule has 5 heteroatoms. The van der Waals surface area contributed by atoms with E-state index in [-0.39, 0.29) is 23.6 Å². The number of fused-ring (bicyclic) bond motifs is 1. The van der Waals surface area contributed by atoms with Crippen molar-refractivity contribution in [2.75, 3.05) is 6.54 Å². The lowest BCUT2D eigenvalue weighted by Crippen LogP contribution is -2.41. The number of aliphatic hydroxyl groups is 1. The molecule has 2 aromatic rings. The van der Waals surface area contributed by atoms with Crippen LogP contribution in [0.5, 0.6) is 0 Å². The molecule has 0 saturated heterocycles. The van der Waals surface area contributed by atoms with Gasteiger partial charge in [0, 0.05) is 19.3 Å². The summed E-state index contributed by atoms with van der Waals surface area (Å²) in [4.78, 5) is 26.7. The fraction of sp³-hybridized carbons (Fsp3) is 0.333. The van der Waals surface area contributed by atoms with Crippen LogP contribution in [0.3, 0.4) is 0 Å². The van der Waals surface area contributed by atoms with Crippen LogP contribution in [0.2, 0.25) is 0 Å². The van der Waals surface area contributed by atoms with Crippen LogP contribution in [-0.4, -0.2) is 27.0 Å². The summed E-state index contributed by atoms with van der Waals surface area (Å²) in [5, 5.41) is 10.3. The first-order valence-electron chi connectivity index (χ1n) is 7.62. The van der Waals surface area contributed by atoms with E-state index in [1.807, 2.05) is 38.1 Å². The van der Waals surface area contributed by atoms with Gasteiger partial charge in [-0.05, 0) is 36.6 Å². The smallest absolute Gasteiger partial charge is 0.263 e. The first-order chi connectivity index (χ1) is 10.9. The van der Waals surface area contributed by atoms with Gasteiger partial charge in [-0.25, -0.2) is 0 Å².